The average molecular weight is 383 g/mol. The molecule has 1 atom stereocenters. The molecule has 134 valence electrons. The van der Waals surface area contributed by atoms with Crippen molar-refractivity contribution in [3.05, 3.63) is 46.9 Å². The van der Waals surface area contributed by atoms with Crippen molar-refractivity contribution in [3.63, 3.8) is 0 Å². The number of nitrogens with one attached hydrogen (secondary N) is 2. The van der Waals surface area contributed by atoms with Gasteiger partial charge in [-0.1, -0.05) is 13.8 Å². The fraction of sp³-hybridized carbons (Fsp3) is 0.300. The van der Waals surface area contributed by atoms with Crippen LogP contribution in [0.25, 0.3) is 20.4 Å². The second-order valence-corrected chi connectivity index (χ2v) is 8.02. The minimum absolute atomic E-state index is 0.628. The Morgan fingerprint density at radius 1 is 1.15 bits per heavy atom. The lowest BCUT2D eigenvalue weighted by Crippen LogP contribution is -2.07. The third kappa shape index (κ3) is 3.32. The number of hydrogen-bond donors (Lipinski definition) is 2. The molecule has 1 aliphatic heterocycles. The summed E-state index contributed by atoms with van der Waals surface area (Å²) in [6.07, 6.45) is 3.11. The van der Waals surface area contributed by atoms with Gasteiger partial charge in [-0.05, 0) is 43.3 Å². The maximum absolute atomic E-state index is 4.56. The van der Waals surface area contributed by atoms with Crippen molar-refractivity contribution in [2.75, 3.05) is 18.4 Å². The molecule has 6 heteroatoms. The molecule has 26 heavy (non-hydrogen) atoms. The van der Waals surface area contributed by atoms with Gasteiger partial charge in [0.15, 0.2) is 0 Å². The van der Waals surface area contributed by atoms with E-state index in [1.807, 2.05) is 36.9 Å². The second-order valence-electron chi connectivity index (χ2n) is 6.08. The summed E-state index contributed by atoms with van der Waals surface area (Å²) in [5, 5.41) is 8.21. The van der Waals surface area contributed by atoms with Crippen molar-refractivity contribution in [1.82, 2.24) is 15.3 Å². The number of thiazole rings is 1. The van der Waals surface area contributed by atoms with Crippen LogP contribution in [0.5, 0.6) is 0 Å². The predicted molar refractivity (Wildman–Crippen MR) is 114 cm³/mol. The standard InChI is InChI=1S/C18H16N4S2.C2H6/c1-2-16-15(21-10-23-16)7-12(1)22-14-4-6-20-18-13(14)8-17(24-18)11-3-5-19-9-11;1-2/h1-2,4,6-8,10-11,19H,3,5,9H2,(H,20,22);1-2H3. The second kappa shape index (κ2) is 7.70. The van der Waals surface area contributed by atoms with E-state index in [0.717, 1.165) is 34.8 Å². The van der Waals surface area contributed by atoms with Crippen molar-refractivity contribution < 1.29 is 0 Å². The molecule has 0 radical (unpaired) electrons. The van der Waals surface area contributed by atoms with E-state index in [9.17, 15) is 0 Å². The first kappa shape index (κ1) is 17.4. The Balaban J connectivity index is 0.000000814. The lowest BCUT2D eigenvalue weighted by atomic mass is 10.1. The molecule has 3 aromatic heterocycles. The van der Waals surface area contributed by atoms with Crippen LogP contribution >= 0.6 is 22.7 Å². The van der Waals surface area contributed by atoms with Gasteiger partial charge in [0.1, 0.15) is 4.83 Å². The molecule has 5 rings (SSSR count). The van der Waals surface area contributed by atoms with Gasteiger partial charge in [-0.3, -0.25) is 0 Å². The molecule has 1 unspecified atom stereocenters. The van der Waals surface area contributed by atoms with E-state index in [2.05, 4.69) is 50.9 Å². The van der Waals surface area contributed by atoms with Gasteiger partial charge in [0.05, 0.1) is 21.4 Å². The topological polar surface area (TPSA) is 49.8 Å². The Labute approximate surface area is 161 Å². The highest BCUT2D eigenvalue weighted by Gasteiger charge is 2.20. The molecular weight excluding hydrogens is 360 g/mol. The monoisotopic (exact) mass is 382 g/mol. The molecule has 0 spiro atoms. The van der Waals surface area contributed by atoms with Gasteiger partial charge in [-0.2, -0.15) is 0 Å². The Hall–Kier alpha value is -2.02. The van der Waals surface area contributed by atoms with Crippen molar-refractivity contribution in [1.29, 1.82) is 0 Å². The summed E-state index contributed by atoms with van der Waals surface area (Å²) in [6.45, 7) is 6.20. The Morgan fingerprint density at radius 2 is 2.08 bits per heavy atom. The van der Waals surface area contributed by atoms with Gasteiger partial charge in [0, 0.05) is 34.6 Å². The van der Waals surface area contributed by atoms with Gasteiger partial charge in [-0.25, -0.2) is 9.97 Å². The number of aromatic nitrogens is 2. The molecule has 1 aliphatic rings. The first-order valence-electron chi connectivity index (χ1n) is 9.06. The average Bonchev–Trinajstić information content (AvgIpc) is 3.42. The highest BCUT2D eigenvalue weighted by molar-refractivity contribution is 7.18. The molecule has 0 amide bonds. The van der Waals surface area contributed by atoms with Crippen LogP contribution in [0, 0.1) is 0 Å². The van der Waals surface area contributed by atoms with Crippen molar-refractivity contribution >= 4 is 54.5 Å². The fourth-order valence-electron chi connectivity index (χ4n) is 3.26. The number of rotatable bonds is 3. The van der Waals surface area contributed by atoms with E-state index in [4.69, 9.17) is 0 Å². The smallest absolute Gasteiger partial charge is 0.125 e. The number of benzene rings is 1. The lowest BCUT2D eigenvalue weighted by molar-refractivity contribution is 0.779. The number of hydrogen-bond acceptors (Lipinski definition) is 6. The van der Waals surface area contributed by atoms with E-state index in [0.29, 0.717) is 5.92 Å². The van der Waals surface area contributed by atoms with Gasteiger partial charge in [0.2, 0.25) is 0 Å². The van der Waals surface area contributed by atoms with Crippen LogP contribution < -0.4 is 10.6 Å². The highest BCUT2D eigenvalue weighted by atomic mass is 32.1. The van der Waals surface area contributed by atoms with E-state index < -0.39 is 0 Å². The minimum atomic E-state index is 0.628. The van der Waals surface area contributed by atoms with Crippen molar-refractivity contribution in [2.45, 2.75) is 26.2 Å². The van der Waals surface area contributed by atoms with Gasteiger partial charge < -0.3 is 10.6 Å². The highest BCUT2D eigenvalue weighted by Crippen LogP contribution is 2.37. The van der Waals surface area contributed by atoms with Crippen LogP contribution in [0.1, 0.15) is 31.1 Å². The van der Waals surface area contributed by atoms with E-state index in [1.54, 1.807) is 11.3 Å². The van der Waals surface area contributed by atoms with Gasteiger partial charge >= 0.3 is 0 Å². The van der Waals surface area contributed by atoms with Crippen LogP contribution in [0.15, 0.2) is 42.0 Å². The van der Waals surface area contributed by atoms with Gasteiger partial charge in [-0.15, -0.1) is 22.7 Å². The SMILES string of the molecule is CC.c1cc(Nc2ccc3scnc3c2)c2cc(C3CCNC3)sc2n1. The van der Waals surface area contributed by atoms with Crippen LogP contribution in [0.2, 0.25) is 0 Å². The Morgan fingerprint density at radius 3 is 2.92 bits per heavy atom. The zero-order valence-electron chi connectivity index (χ0n) is 15.0. The van der Waals surface area contributed by atoms with Crippen molar-refractivity contribution in [2.24, 2.45) is 0 Å². The third-order valence-electron chi connectivity index (χ3n) is 4.53. The lowest BCUT2D eigenvalue weighted by Gasteiger charge is -2.07. The van der Waals surface area contributed by atoms with Gasteiger partial charge in [0.25, 0.3) is 0 Å². The molecule has 0 bridgehead atoms. The zero-order chi connectivity index (χ0) is 17.9. The summed E-state index contributed by atoms with van der Waals surface area (Å²) in [4.78, 5) is 11.5. The number of anilines is 2. The quantitative estimate of drug-likeness (QED) is 0.473. The molecule has 4 nitrogen and oxygen atoms in total. The molecule has 2 N–H and O–H groups in total. The summed E-state index contributed by atoms with van der Waals surface area (Å²) in [5.74, 6) is 0.628. The summed E-state index contributed by atoms with van der Waals surface area (Å²) < 4.78 is 1.21. The van der Waals surface area contributed by atoms with Crippen LogP contribution in [0.4, 0.5) is 11.4 Å². The molecule has 0 saturated carbocycles. The molecule has 4 aromatic rings. The van der Waals surface area contributed by atoms with Crippen LogP contribution in [0.3, 0.4) is 0 Å². The Kier molecular flexibility index (Phi) is 5.15. The summed E-state index contributed by atoms with van der Waals surface area (Å²) >= 11 is 3.49. The molecule has 0 aliphatic carbocycles. The maximum Gasteiger partial charge on any atom is 0.125 e. The molecule has 1 saturated heterocycles. The number of thiophene rings is 1. The number of pyridine rings is 1. The molecular formula is C20H22N4S2. The first-order valence-corrected chi connectivity index (χ1v) is 10.8. The molecule has 1 aromatic carbocycles. The summed E-state index contributed by atoms with van der Waals surface area (Å²) in [7, 11) is 0. The third-order valence-corrected chi connectivity index (χ3v) is 6.54. The van der Waals surface area contributed by atoms with Crippen LogP contribution in [-0.4, -0.2) is 23.1 Å². The first-order chi connectivity index (χ1) is 12.9. The zero-order valence-corrected chi connectivity index (χ0v) is 16.6. The summed E-state index contributed by atoms with van der Waals surface area (Å²) in [6, 6.07) is 10.7. The minimum Gasteiger partial charge on any atom is -0.355 e. The Bertz CT molecular complexity index is 1010. The molecule has 4 heterocycles. The normalized spacial score (nSPS) is 16.6. The van der Waals surface area contributed by atoms with E-state index in [1.165, 1.54) is 21.4 Å². The fourth-order valence-corrected chi connectivity index (χ4v) is 5.08. The van der Waals surface area contributed by atoms with E-state index >= 15 is 0 Å². The number of fused-ring (bicyclic) bond motifs is 2. The molecule has 1 fully saturated rings. The summed E-state index contributed by atoms with van der Waals surface area (Å²) in [5.41, 5.74) is 5.11. The van der Waals surface area contributed by atoms with Crippen molar-refractivity contribution in [3.8, 4) is 0 Å². The largest absolute Gasteiger partial charge is 0.355 e. The predicted octanol–water partition coefficient (Wildman–Crippen LogP) is 5.75. The number of nitrogens with zero attached hydrogens (tertiary/aromatic N) is 2. The maximum atomic E-state index is 4.56. The van der Waals surface area contributed by atoms with Crippen LogP contribution in [-0.2, 0) is 0 Å². The van der Waals surface area contributed by atoms with E-state index in [-0.39, 0.29) is 0 Å².